The van der Waals surface area contributed by atoms with Crippen molar-refractivity contribution >= 4 is 11.9 Å². The van der Waals surface area contributed by atoms with Gasteiger partial charge in [-0.25, -0.2) is 0 Å². The maximum atomic E-state index is 11.0. The first-order valence-electron chi connectivity index (χ1n) is 3.81. The number of rotatable bonds is 2. The lowest BCUT2D eigenvalue weighted by Crippen LogP contribution is -2.24. The number of carbonyl (C=O) groups excluding carboxylic acids is 2. The molecule has 0 amide bonds. The number of hydrogen-bond acceptors (Lipinski definition) is 4. The van der Waals surface area contributed by atoms with Gasteiger partial charge in [-0.05, 0) is 0 Å². The van der Waals surface area contributed by atoms with Crippen LogP contribution in [0.4, 0.5) is 0 Å². The van der Waals surface area contributed by atoms with Gasteiger partial charge in [0.25, 0.3) is 0 Å². The smallest absolute Gasteiger partial charge is 0.332 e. The van der Waals surface area contributed by atoms with E-state index in [0.717, 1.165) is 0 Å². The highest BCUT2D eigenvalue weighted by molar-refractivity contribution is 5.98. The van der Waals surface area contributed by atoms with Gasteiger partial charge in [-0.1, -0.05) is 12.8 Å². The van der Waals surface area contributed by atoms with Crippen LogP contribution in [0, 0.1) is 17.8 Å². The molecule has 0 aliphatic heterocycles. The molecule has 0 rings (SSSR count). The van der Waals surface area contributed by atoms with Crippen molar-refractivity contribution < 1.29 is 19.1 Å². The van der Waals surface area contributed by atoms with Gasteiger partial charge in [0.15, 0.2) is 0 Å². The minimum Gasteiger partial charge on any atom is -0.468 e. The van der Waals surface area contributed by atoms with Crippen molar-refractivity contribution in [1.82, 2.24) is 0 Å². The van der Waals surface area contributed by atoms with Crippen LogP contribution in [0.3, 0.4) is 0 Å². The van der Waals surface area contributed by atoms with E-state index in [1.54, 1.807) is 0 Å². The van der Waals surface area contributed by atoms with Crippen molar-refractivity contribution in [2.24, 2.45) is 5.92 Å². The maximum absolute atomic E-state index is 11.0. The third-order valence-corrected chi connectivity index (χ3v) is 1.30. The van der Waals surface area contributed by atoms with Gasteiger partial charge in [0.1, 0.15) is 0 Å². The largest absolute Gasteiger partial charge is 0.468 e. The summed E-state index contributed by atoms with van der Waals surface area (Å²) in [6.45, 7) is 1.82. The van der Waals surface area contributed by atoms with Crippen LogP contribution < -0.4 is 0 Å². The molecule has 0 aromatic carbocycles. The Morgan fingerprint density at radius 2 is 1.69 bits per heavy atom. The van der Waals surface area contributed by atoms with Crippen molar-refractivity contribution in [3.63, 3.8) is 0 Å². The molecule has 0 saturated heterocycles. The van der Waals surface area contributed by atoms with Gasteiger partial charge in [0, 0.05) is 6.42 Å². The Balaban J connectivity index is 4.55. The van der Waals surface area contributed by atoms with E-state index in [1.807, 2.05) is 6.92 Å². The molecular weight excluding hydrogens is 172 g/mol. The molecule has 0 aliphatic carbocycles. The first-order valence-corrected chi connectivity index (χ1v) is 3.81. The average Bonchev–Trinajstić information content (AvgIpc) is 2.17. The summed E-state index contributed by atoms with van der Waals surface area (Å²) in [7, 11) is 2.40. The molecule has 0 aromatic rings. The molecule has 0 bridgehead atoms. The highest BCUT2D eigenvalue weighted by Crippen LogP contribution is 2.00. The molecule has 0 N–H and O–H groups in total. The van der Waals surface area contributed by atoms with Crippen molar-refractivity contribution in [1.29, 1.82) is 0 Å². The first-order chi connectivity index (χ1) is 6.17. The zero-order valence-electron chi connectivity index (χ0n) is 7.92. The van der Waals surface area contributed by atoms with Crippen molar-refractivity contribution in [3.8, 4) is 11.8 Å². The van der Waals surface area contributed by atoms with Crippen molar-refractivity contribution in [3.05, 3.63) is 0 Å². The minimum atomic E-state index is -1.12. The highest BCUT2D eigenvalue weighted by atomic mass is 16.5. The van der Waals surface area contributed by atoms with Crippen LogP contribution in [-0.4, -0.2) is 26.2 Å². The molecule has 4 nitrogen and oxygen atoms in total. The van der Waals surface area contributed by atoms with Crippen LogP contribution in [-0.2, 0) is 19.1 Å². The van der Waals surface area contributed by atoms with Crippen LogP contribution in [0.5, 0.6) is 0 Å². The van der Waals surface area contributed by atoms with Gasteiger partial charge < -0.3 is 9.47 Å². The molecule has 0 heterocycles. The summed E-state index contributed by atoms with van der Waals surface area (Å²) in [5.74, 6) is 2.61. The fraction of sp³-hybridized carbons (Fsp3) is 0.556. The monoisotopic (exact) mass is 184 g/mol. The lowest BCUT2D eigenvalue weighted by Gasteiger charge is -2.04. The van der Waals surface area contributed by atoms with E-state index >= 15 is 0 Å². The standard InChI is InChI=1S/C9H12O4/c1-4-5-6-7(8(10)12-2)9(11)13-3/h7H,4H2,1-3H3. The van der Waals surface area contributed by atoms with E-state index in [9.17, 15) is 9.59 Å². The molecule has 0 radical (unpaired) electrons. The summed E-state index contributed by atoms with van der Waals surface area (Å²) in [4.78, 5) is 22.0. The Morgan fingerprint density at radius 3 is 2.00 bits per heavy atom. The van der Waals surface area contributed by atoms with Crippen molar-refractivity contribution in [2.75, 3.05) is 14.2 Å². The molecule has 0 atom stereocenters. The fourth-order valence-electron chi connectivity index (χ4n) is 0.654. The second-order valence-electron chi connectivity index (χ2n) is 2.15. The van der Waals surface area contributed by atoms with Crippen LogP contribution in [0.2, 0.25) is 0 Å². The predicted octanol–water partition coefficient (Wildman–Crippen LogP) is 0.362. The summed E-state index contributed by atoms with van der Waals surface area (Å²) < 4.78 is 8.78. The normalized spacial score (nSPS) is 8.62. The summed E-state index contributed by atoms with van der Waals surface area (Å²) >= 11 is 0. The quantitative estimate of drug-likeness (QED) is 0.353. The lowest BCUT2D eigenvalue weighted by molar-refractivity contribution is -0.155. The molecule has 0 unspecified atom stereocenters. The van der Waals surface area contributed by atoms with Gasteiger partial charge in [-0.3, -0.25) is 9.59 Å². The number of hydrogen-bond donors (Lipinski definition) is 0. The minimum absolute atomic E-state index is 0.574. The molecule has 72 valence electrons. The zero-order valence-corrected chi connectivity index (χ0v) is 7.92. The molecule has 0 aliphatic rings. The number of methoxy groups -OCH3 is 2. The third-order valence-electron chi connectivity index (χ3n) is 1.30. The van der Waals surface area contributed by atoms with Gasteiger partial charge in [-0.15, -0.1) is 5.92 Å². The van der Waals surface area contributed by atoms with E-state index in [4.69, 9.17) is 0 Å². The second kappa shape index (κ2) is 6.06. The molecule has 0 saturated carbocycles. The molecular formula is C9H12O4. The summed E-state index contributed by atoms with van der Waals surface area (Å²) in [6, 6.07) is 0. The third kappa shape index (κ3) is 3.61. The van der Waals surface area contributed by atoms with E-state index in [0.29, 0.717) is 6.42 Å². The molecule has 0 aromatic heterocycles. The summed E-state index contributed by atoms with van der Waals surface area (Å²) in [5.41, 5.74) is 0. The van der Waals surface area contributed by atoms with E-state index in [1.165, 1.54) is 14.2 Å². The van der Waals surface area contributed by atoms with Crippen LogP contribution >= 0.6 is 0 Å². The average molecular weight is 184 g/mol. The van der Waals surface area contributed by atoms with Crippen molar-refractivity contribution in [2.45, 2.75) is 13.3 Å². The Kier molecular flexibility index (Phi) is 5.37. The summed E-state index contributed by atoms with van der Waals surface area (Å²) in [5, 5.41) is 0. The van der Waals surface area contributed by atoms with E-state index in [-0.39, 0.29) is 0 Å². The second-order valence-corrected chi connectivity index (χ2v) is 2.15. The summed E-state index contributed by atoms with van der Waals surface area (Å²) in [6.07, 6.45) is 0.574. The van der Waals surface area contributed by atoms with Gasteiger partial charge in [0.2, 0.25) is 5.92 Å². The number of ether oxygens (including phenoxy) is 2. The van der Waals surface area contributed by atoms with Crippen LogP contribution in [0.25, 0.3) is 0 Å². The molecule has 0 fully saturated rings. The van der Waals surface area contributed by atoms with Crippen LogP contribution in [0.1, 0.15) is 13.3 Å². The van der Waals surface area contributed by atoms with E-state index < -0.39 is 17.9 Å². The molecule has 0 spiro atoms. The van der Waals surface area contributed by atoms with Gasteiger partial charge in [0.05, 0.1) is 14.2 Å². The topological polar surface area (TPSA) is 52.6 Å². The number of carbonyl (C=O) groups is 2. The SMILES string of the molecule is CCC#CC(C(=O)OC)C(=O)OC. The molecule has 13 heavy (non-hydrogen) atoms. The van der Waals surface area contributed by atoms with Crippen LogP contribution in [0.15, 0.2) is 0 Å². The molecule has 4 heteroatoms. The Bertz CT molecular complexity index is 230. The Hall–Kier alpha value is -1.50. The predicted molar refractivity (Wildman–Crippen MR) is 45.6 cm³/mol. The Labute approximate surface area is 77.2 Å². The fourth-order valence-corrected chi connectivity index (χ4v) is 0.654. The number of esters is 2. The van der Waals surface area contributed by atoms with Gasteiger partial charge >= 0.3 is 11.9 Å². The highest BCUT2D eigenvalue weighted by Gasteiger charge is 2.25. The first kappa shape index (κ1) is 11.5. The Morgan fingerprint density at radius 1 is 1.23 bits per heavy atom. The lowest BCUT2D eigenvalue weighted by atomic mass is 10.1. The maximum Gasteiger partial charge on any atom is 0.332 e. The van der Waals surface area contributed by atoms with E-state index in [2.05, 4.69) is 21.3 Å². The zero-order chi connectivity index (χ0) is 10.3. The van der Waals surface area contributed by atoms with Gasteiger partial charge in [-0.2, -0.15) is 0 Å².